The van der Waals surface area contributed by atoms with Crippen molar-refractivity contribution in [3.63, 3.8) is 0 Å². The van der Waals surface area contributed by atoms with Crippen LogP contribution in [0.25, 0.3) is 11.1 Å². The number of alkyl halides is 3. The zero-order chi connectivity index (χ0) is 14.0. The first kappa shape index (κ1) is 14.5. The fourth-order valence-corrected chi connectivity index (χ4v) is 2.69. The topological polar surface area (TPSA) is 0 Å². The zero-order valence-corrected chi connectivity index (χ0v) is 12.6. The van der Waals surface area contributed by atoms with Crippen molar-refractivity contribution in [1.82, 2.24) is 0 Å². The van der Waals surface area contributed by atoms with Crippen LogP contribution in [0.4, 0.5) is 8.78 Å². The Balaban J connectivity index is 2.35. The second-order valence-electron chi connectivity index (χ2n) is 4.41. The molecule has 2 aromatic rings. The molecular formula is C15H12BrClF2. The first-order valence-electron chi connectivity index (χ1n) is 5.75. The largest absolute Gasteiger partial charge is 0.270 e. The number of benzene rings is 2. The first-order valence-corrected chi connectivity index (χ1v) is 7.25. The predicted octanol–water partition coefficient (Wildman–Crippen LogP) is 6.01. The van der Waals surface area contributed by atoms with E-state index in [0.717, 1.165) is 23.6 Å². The molecule has 0 saturated heterocycles. The van der Waals surface area contributed by atoms with Crippen LogP contribution in [0, 0.1) is 0 Å². The summed E-state index contributed by atoms with van der Waals surface area (Å²) in [6, 6.07) is 12.0. The minimum Gasteiger partial charge on any atom is -0.202 e. The second-order valence-corrected chi connectivity index (χ2v) is 5.37. The van der Waals surface area contributed by atoms with Crippen LogP contribution in [-0.2, 0) is 11.3 Å². The Morgan fingerprint density at radius 3 is 2.11 bits per heavy atom. The fourth-order valence-electron chi connectivity index (χ4n) is 1.79. The zero-order valence-electron chi connectivity index (χ0n) is 10.3. The number of hydrogen-bond donors (Lipinski definition) is 0. The predicted molar refractivity (Wildman–Crippen MR) is 79.1 cm³/mol. The van der Waals surface area contributed by atoms with Crippen LogP contribution >= 0.6 is 27.5 Å². The van der Waals surface area contributed by atoms with Crippen LogP contribution in [0.3, 0.4) is 0 Å². The molecule has 2 aromatic carbocycles. The van der Waals surface area contributed by atoms with E-state index in [-0.39, 0.29) is 5.56 Å². The normalized spacial score (nSPS) is 11.6. The monoisotopic (exact) mass is 344 g/mol. The van der Waals surface area contributed by atoms with Gasteiger partial charge in [0, 0.05) is 22.8 Å². The van der Waals surface area contributed by atoms with Gasteiger partial charge in [-0.05, 0) is 22.8 Å². The van der Waals surface area contributed by atoms with Crippen LogP contribution in [0.1, 0.15) is 18.1 Å². The molecule has 0 atom stereocenters. The van der Waals surface area contributed by atoms with Crippen molar-refractivity contribution in [3.8, 4) is 11.1 Å². The van der Waals surface area contributed by atoms with Crippen molar-refractivity contribution >= 4 is 27.5 Å². The van der Waals surface area contributed by atoms with Crippen LogP contribution in [-0.4, -0.2) is 0 Å². The summed E-state index contributed by atoms with van der Waals surface area (Å²) in [5, 5.41) is 1.35. The van der Waals surface area contributed by atoms with E-state index in [2.05, 4.69) is 15.9 Å². The molecule has 0 aliphatic rings. The highest BCUT2D eigenvalue weighted by atomic mass is 79.9. The van der Waals surface area contributed by atoms with E-state index in [1.807, 2.05) is 18.2 Å². The molecule has 0 saturated carbocycles. The summed E-state index contributed by atoms with van der Waals surface area (Å²) in [6.07, 6.45) is 0. The Morgan fingerprint density at radius 1 is 1.05 bits per heavy atom. The highest BCUT2D eigenvalue weighted by Gasteiger charge is 2.23. The van der Waals surface area contributed by atoms with Crippen LogP contribution in [0.2, 0.25) is 5.02 Å². The van der Waals surface area contributed by atoms with Crippen molar-refractivity contribution in [2.45, 2.75) is 18.2 Å². The molecule has 0 bridgehead atoms. The molecule has 0 nitrogen and oxygen atoms in total. The number of rotatable bonds is 3. The minimum absolute atomic E-state index is 0.0134. The molecule has 0 aromatic heterocycles. The SMILES string of the molecule is CC(F)(F)c1ccc(-c2ccc(CBr)c(Cl)c2)cc1. The average molecular weight is 346 g/mol. The van der Waals surface area contributed by atoms with Crippen molar-refractivity contribution in [3.05, 3.63) is 58.6 Å². The van der Waals surface area contributed by atoms with E-state index in [1.54, 1.807) is 12.1 Å². The smallest absolute Gasteiger partial charge is 0.202 e. The van der Waals surface area contributed by atoms with Crippen LogP contribution in [0.15, 0.2) is 42.5 Å². The van der Waals surface area contributed by atoms with Gasteiger partial charge < -0.3 is 0 Å². The summed E-state index contributed by atoms with van der Waals surface area (Å²) in [4.78, 5) is 0. The number of halogens is 4. The van der Waals surface area contributed by atoms with Gasteiger partial charge in [0.1, 0.15) is 0 Å². The molecule has 0 aliphatic carbocycles. The van der Waals surface area contributed by atoms with E-state index in [1.165, 1.54) is 12.1 Å². The molecule has 0 fully saturated rings. The molecule has 0 heterocycles. The fraction of sp³-hybridized carbons (Fsp3) is 0.200. The quantitative estimate of drug-likeness (QED) is 0.597. The van der Waals surface area contributed by atoms with E-state index in [0.29, 0.717) is 10.4 Å². The van der Waals surface area contributed by atoms with Crippen molar-refractivity contribution in [2.75, 3.05) is 0 Å². The van der Waals surface area contributed by atoms with Crippen LogP contribution < -0.4 is 0 Å². The molecule has 0 aliphatic heterocycles. The van der Waals surface area contributed by atoms with E-state index >= 15 is 0 Å². The van der Waals surface area contributed by atoms with Crippen molar-refractivity contribution < 1.29 is 8.78 Å². The second kappa shape index (κ2) is 5.59. The van der Waals surface area contributed by atoms with Gasteiger partial charge in [-0.15, -0.1) is 0 Å². The first-order chi connectivity index (χ1) is 8.91. The molecule has 0 N–H and O–H groups in total. The third-order valence-corrected chi connectivity index (χ3v) is 3.88. The Morgan fingerprint density at radius 2 is 1.63 bits per heavy atom. The molecule has 0 spiro atoms. The van der Waals surface area contributed by atoms with E-state index < -0.39 is 5.92 Å². The van der Waals surface area contributed by atoms with Gasteiger partial charge in [-0.3, -0.25) is 0 Å². The molecular weight excluding hydrogens is 334 g/mol. The molecule has 0 unspecified atom stereocenters. The molecule has 0 amide bonds. The summed E-state index contributed by atoms with van der Waals surface area (Å²) < 4.78 is 26.3. The van der Waals surface area contributed by atoms with E-state index in [4.69, 9.17) is 11.6 Å². The highest BCUT2D eigenvalue weighted by Crippen LogP contribution is 2.31. The Bertz CT molecular complexity index is 574. The molecule has 2 rings (SSSR count). The third-order valence-electron chi connectivity index (χ3n) is 2.92. The Hall–Kier alpha value is -0.930. The standard InChI is InChI=1S/C15H12BrClF2/c1-15(18,19)13-6-4-10(5-7-13)11-2-3-12(9-16)14(17)8-11/h2-8H,9H2,1H3. The Kier molecular flexibility index (Phi) is 4.26. The summed E-state index contributed by atoms with van der Waals surface area (Å²) in [5.41, 5.74) is 2.80. The maximum absolute atomic E-state index is 13.1. The van der Waals surface area contributed by atoms with Crippen molar-refractivity contribution in [1.29, 1.82) is 0 Å². The van der Waals surface area contributed by atoms with Gasteiger partial charge in [-0.25, -0.2) is 8.78 Å². The van der Waals surface area contributed by atoms with Gasteiger partial charge in [0.25, 0.3) is 5.92 Å². The Labute approximate surface area is 124 Å². The van der Waals surface area contributed by atoms with E-state index in [9.17, 15) is 8.78 Å². The average Bonchev–Trinajstić information content (AvgIpc) is 2.38. The molecule has 100 valence electrons. The molecule has 4 heteroatoms. The summed E-state index contributed by atoms with van der Waals surface area (Å²) in [7, 11) is 0. The highest BCUT2D eigenvalue weighted by molar-refractivity contribution is 9.08. The van der Waals surface area contributed by atoms with Crippen LogP contribution in [0.5, 0.6) is 0 Å². The lowest BCUT2D eigenvalue weighted by Crippen LogP contribution is -2.06. The van der Waals surface area contributed by atoms with Gasteiger partial charge in [-0.1, -0.05) is 63.9 Å². The molecule has 19 heavy (non-hydrogen) atoms. The van der Waals surface area contributed by atoms with Crippen molar-refractivity contribution in [2.24, 2.45) is 0 Å². The summed E-state index contributed by atoms with van der Waals surface area (Å²) in [5.74, 6) is -2.81. The summed E-state index contributed by atoms with van der Waals surface area (Å²) in [6.45, 7) is 0.893. The third kappa shape index (κ3) is 3.34. The van der Waals surface area contributed by atoms with Gasteiger partial charge in [-0.2, -0.15) is 0 Å². The maximum atomic E-state index is 13.1. The van der Waals surface area contributed by atoms with Gasteiger partial charge in [0.05, 0.1) is 0 Å². The minimum atomic E-state index is -2.81. The van der Waals surface area contributed by atoms with Gasteiger partial charge in [0.15, 0.2) is 0 Å². The maximum Gasteiger partial charge on any atom is 0.270 e. The van der Waals surface area contributed by atoms with Gasteiger partial charge in [0.2, 0.25) is 0 Å². The lowest BCUT2D eigenvalue weighted by atomic mass is 10.0. The lowest BCUT2D eigenvalue weighted by molar-refractivity contribution is 0.0175. The summed E-state index contributed by atoms with van der Waals surface area (Å²) >= 11 is 9.49. The molecule has 0 radical (unpaired) electrons. The lowest BCUT2D eigenvalue weighted by Gasteiger charge is -2.11. The van der Waals surface area contributed by atoms with Gasteiger partial charge >= 0.3 is 0 Å². The number of hydrogen-bond acceptors (Lipinski definition) is 0.